The first-order valence-electron chi connectivity index (χ1n) is 4.34. The summed E-state index contributed by atoms with van der Waals surface area (Å²) in [5.41, 5.74) is 5.23. The SMILES string of the molecule is C=CC(C)Nc1ccc([N+](=O)[O-])c(N)n1. The zero-order chi connectivity index (χ0) is 11.4. The van der Waals surface area contributed by atoms with Crippen molar-refractivity contribution in [1.29, 1.82) is 0 Å². The van der Waals surface area contributed by atoms with Crippen LogP contribution >= 0.6 is 0 Å². The van der Waals surface area contributed by atoms with Crippen LogP contribution < -0.4 is 11.1 Å². The summed E-state index contributed by atoms with van der Waals surface area (Å²) in [6, 6.07) is 2.85. The number of nitrogen functional groups attached to an aromatic ring is 1. The third-order valence-electron chi connectivity index (χ3n) is 1.83. The summed E-state index contributed by atoms with van der Waals surface area (Å²) in [5, 5.41) is 13.4. The van der Waals surface area contributed by atoms with Crippen molar-refractivity contribution in [3.05, 3.63) is 34.9 Å². The molecule has 0 amide bonds. The van der Waals surface area contributed by atoms with Crippen molar-refractivity contribution in [2.45, 2.75) is 13.0 Å². The summed E-state index contributed by atoms with van der Waals surface area (Å²) in [7, 11) is 0. The molecule has 6 heteroatoms. The second-order valence-electron chi connectivity index (χ2n) is 3.03. The average Bonchev–Trinajstić information content (AvgIpc) is 2.17. The molecule has 1 heterocycles. The molecule has 0 saturated heterocycles. The minimum absolute atomic E-state index is 0.0263. The van der Waals surface area contributed by atoms with Crippen molar-refractivity contribution in [2.75, 3.05) is 11.1 Å². The van der Waals surface area contributed by atoms with Crippen molar-refractivity contribution in [3.63, 3.8) is 0 Å². The van der Waals surface area contributed by atoms with Gasteiger partial charge in [-0.05, 0) is 13.0 Å². The normalized spacial score (nSPS) is 11.8. The summed E-state index contributed by atoms with van der Waals surface area (Å²) in [4.78, 5) is 13.8. The molecule has 0 aliphatic rings. The van der Waals surface area contributed by atoms with Crippen molar-refractivity contribution in [1.82, 2.24) is 4.98 Å². The molecule has 0 aliphatic heterocycles. The lowest BCUT2D eigenvalue weighted by Crippen LogP contribution is -2.13. The molecule has 0 saturated carbocycles. The lowest BCUT2D eigenvalue weighted by molar-refractivity contribution is -0.384. The molecule has 0 bridgehead atoms. The molecule has 1 rings (SSSR count). The number of nitro groups is 1. The molecule has 6 nitrogen and oxygen atoms in total. The van der Waals surface area contributed by atoms with E-state index in [4.69, 9.17) is 5.73 Å². The summed E-state index contributed by atoms with van der Waals surface area (Å²) >= 11 is 0. The number of aromatic nitrogens is 1. The van der Waals surface area contributed by atoms with E-state index in [1.54, 1.807) is 6.08 Å². The van der Waals surface area contributed by atoms with Crippen LogP contribution in [0.15, 0.2) is 24.8 Å². The van der Waals surface area contributed by atoms with Crippen LogP contribution in [-0.2, 0) is 0 Å². The van der Waals surface area contributed by atoms with Crippen LogP contribution in [0.25, 0.3) is 0 Å². The highest BCUT2D eigenvalue weighted by molar-refractivity contribution is 5.57. The first-order chi connectivity index (χ1) is 7.04. The maximum Gasteiger partial charge on any atom is 0.311 e. The second-order valence-corrected chi connectivity index (χ2v) is 3.03. The Morgan fingerprint density at radius 2 is 2.40 bits per heavy atom. The van der Waals surface area contributed by atoms with Gasteiger partial charge in [-0.3, -0.25) is 10.1 Å². The van der Waals surface area contributed by atoms with Crippen LogP contribution in [0, 0.1) is 10.1 Å². The third-order valence-corrected chi connectivity index (χ3v) is 1.83. The van der Waals surface area contributed by atoms with Gasteiger partial charge in [-0.15, -0.1) is 6.58 Å². The molecule has 0 radical (unpaired) electrons. The zero-order valence-electron chi connectivity index (χ0n) is 8.30. The molecule has 0 fully saturated rings. The number of anilines is 2. The Kier molecular flexibility index (Phi) is 3.22. The summed E-state index contributed by atoms with van der Waals surface area (Å²) < 4.78 is 0. The van der Waals surface area contributed by atoms with Gasteiger partial charge in [0.05, 0.1) is 4.92 Å². The highest BCUT2D eigenvalue weighted by Gasteiger charge is 2.12. The van der Waals surface area contributed by atoms with Crippen molar-refractivity contribution in [2.24, 2.45) is 0 Å². The first-order valence-corrected chi connectivity index (χ1v) is 4.34. The minimum Gasteiger partial charge on any atom is -0.378 e. The summed E-state index contributed by atoms with van der Waals surface area (Å²) in [6.45, 7) is 5.48. The highest BCUT2D eigenvalue weighted by atomic mass is 16.6. The fourth-order valence-electron chi connectivity index (χ4n) is 0.995. The van der Waals surface area contributed by atoms with Gasteiger partial charge in [0.2, 0.25) is 5.82 Å². The topological polar surface area (TPSA) is 94.1 Å². The smallest absolute Gasteiger partial charge is 0.311 e. The fraction of sp³-hybridized carbons (Fsp3) is 0.222. The summed E-state index contributed by atoms with van der Waals surface area (Å²) in [5.74, 6) is 0.395. The molecule has 1 unspecified atom stereocenters. The number of rotatable bonds is 4. The molecule has 80 valence electrons. The fourth-order valence-corrected chi connectivity index (χ4v) is 0.995. The predicted molar refractivity (Wildman–Crippen MR) is 58.6 cm³/mol. The Bertz CT molecular complexity index is 392. The Morgan fingerprint density at radius 3 is 2.87 bits per heavy atom. The summed E-state index contributed by atoms with van der Waals surface area (Å²) in [6.07, 6.45) is 1.69. The van der Waals surface area contributed by atoms with Gasteiger partial charge in [-0.25, -0.2) is 4.98 Å². The molecule has 0 spiro atoms. The van der Waals surface area contributed by atoms with E-state index in [-0.39, 0.29) is 17.5 Å². The van der Waals surface area contributed by atoms with Crippen molar-refractivity contribution >= 4 is 17.3 Å². The van der Waals surface area contributed by atoms with Crippen LogP contribution in [0.2, 0.25) is 0 Å². The monoisotopic (exact) mass is 208 g/mol. The second kappa shape index (κ2) is 4.41. The Balaban J connectivity index is 2.91. The van der Waals surface area contributed by atoms with Crippen LogP contribution in [0.4, 0.5) is 17.3 Å². The Hall–Kier alpha value is -2.11. The van der Waals surface area contributed by atoms with Gasteiger partial charge in [-0.1, -0.05) is 6.08 Å². The molecule has 3 N–H and O–H groups in total. The van der Waals surface area contributed by atoms with E-state index in [0.29, 0.717) is 5.82 Å². The number of nitrogens with two attached hydrogens (primary N) is 1. The van der Waals surface area contributed by atoms with Gasteiger partial charge in [0, 0.05) is 12.1 Å². The van der Waals surface area contributed by atoms with Gasteiger partial charge >= 0.3 is 5.69 Å². The largest absolute Gasteiger partial charge is 0.378 e. The van der Waals surface area contributed by atoms with Gasteiger partial charge in [-0.2, -0.15) is 0 Å². The van der Waals surface area contributed by atoms with Gasteiger partial charge < -0.3 is 11.1 Å². The number of nitrogens with one attached hydrogen (secondary N) is 1. The van der Waals surface area contributed by atoms with E-state index >= 15 is 0 Å². The molecule has 0 aliphatic carbocycles. The molecule has 0 aromatic carbocycles. The van der Waals surface area contributed by atoms with Crippen LogP contribution in [0.5, 0.6) is 0 Å². The van der Waals surface area contributed by atoms with Gasteiger partial charge in [0.1, 0.15) is 5.82 Å². The van der Waals surface area contributed by atoms with Crippen LogP contribution in [0.1, 0.15) is 6.92 Å². The van der Waals surface area contributed by atoms with E-state index in [0.717, 1.165) is 0 Å². The lowest BCUT2D eigenvalue weighted by Gasteiger charge is -2.09. The molecular formula is C9H12N4O2. The standard InChI is InChI=1S/C9H12N4O2/c1-3-6(2)11-8-5-4-7(13(14)15)9(10)12-8/h3-6H,1H2,2H3,(H3,10,11,12). The number of pyridine rings is 1. The third kappa shape index (κ3) is 2.67. The number of nitrogens with zero attached hydrogens (tertiary/aromatic N) is 2. The maximum atomic E-state index is 10.5. The van der Waals surface area contributed by atoms with E-state index in [1.807, 2.05) is 6.92 Å². The lowest BCUT2D eigenvalue weighted by atomic mass is 10.3. The van der Waals surface area contributed by atoms with E-state index < -0.39 is 4.92 Å². The van der Waals surface area contributed by atoms with Crippen LogP contribution in [0.3, 0.4) is 0 Å². The zero-order valence-corrected chi connectivity index (χ0v) is 8.30. The Morgan fingerprint density at radius 1 is 1.73 bits per heavy atom. The minimum atomic E-state index is -0.566. The molecule has 1 aromatic rings. The van der Waals surface area contributed by atoms with E-state index in [1.165, 1.54) is 12.1 Å². The van der Waals surface area contributed by atoms with E-state index in [2.05, 4.69) is 16.9 Å². The predicted octanol–water partition coefficient (Wildman–Crippen LogP) is 1.56. The van der Waals surface area contributed by atoms with Crippen molar-refractivity contribution in [3.8, 4) is 0 Å². The van der Waals surface area contributed by atoms with Gasteiger partial charge in [0.25, 0.3) is 0 Å². The van der Waals surface area contributed by atoms with Crippen molar-refractivity contribution < 1.29 is 4.92 Å². The number of hydrogen-bond acceptors (Lipinski definition) is 5. The Labute approximate surface area is 87.0 Å². The maximum absolute atomic E-state index is 10.5. The highest BCUT2D eigenvalue weighted by Crippen LogP contribution is 2.20. The average molecular weight is 208 g/mol. The quantitative estimate of drug-likeness (QED) is 0.445. The molecule has 1 atom stereocenters. The molecule has 15 heavy (non-hydrogen) atoms. The first kappa shape index (κ1) is 11.0. The van der Waals surface area contributed by atoms with E-state index in [9.17, 15) is 10.1 Å². The van der Waals surface area contributed by atoms with Gasteiger partial charge in [0.15, 0.2) is 0 Å². The molecule has 1 aromatic heterocycles. The van der Waals surface area contributed by atoms with Crippen LogP contribution in [-0.4, -0.2) is 15.9 Å². The molecular weight excluding hydrogens is 196 g/mol. The number of hydrogen-bond donors (Lipinski definition) is 2.